The number of fused-ring (bicyclic) bond motifs is 1. The smallest absolute Gasteiger partial charge is 0.233 e. The van der Waals surface area contributed by atoms with Crippen LogP contribution in [-0.2, 0) is 4.79 Å². The number of nitrogens with one attached hydrogen (secondary N) is 1. The molecule has 8 heteroatoms. The number of methoxy groups -OCH3 is 1. The van der Waals surface area contributed by atoms with Gasteiger partial charge in [0.05, 0.1) is 19.4 Å². The van der Waals surface area contributed by atoms with E-state index in [2.05, 4.69) is 27.5 Å². The largest absolute Gasteiger partial charge is 0.493 e. The van der Waals surface area contributed by atoms with Crippen LogP contribution in [0.2, 0.25) is 0 Å². The van der Waals surface area contributed by atoms with E-state index in [1.54, 1.807) is 16.8 Å². The molecule has 0 radical (unpaired) electrons. The molecule has 1 aliphatic rings. The van der Waals surface area contributed by atoms with E-state index in [1.165, 1.54) is 7.11 Å². The predicted molar refractivity (Wildman–Crippen MR) is 112 cm³/mol. The Kier molecular flexibility index (Phi) is 5.65. The molecule has 1 aliphatic heterocycles. The second-order valence-electron chi connectivity index (χ2n) is 7.24. The molecule has 0 bridgehead atoms. The highest BCUT2D eigenvalue weighted by atomic mass is 16.5. The van der Waals surface area contributed by atoms with Gasteiger partial charge in [0.25, 0.3) is 0 Å². The number of hydrogen-bond donors (Lipinski definition) is 1. The van der Waals surface area contributed by atoms with Gasteiger partial charge in [-0.3, -0.25) is 4.79 Å². The molecule has 2 aromatic heterocycles. The molecule has 3 heterocycles. The average molecular weight is 407 g/mol. The van der Waals surface area contributed by atoms with Crippen LogP contribution in [-0.4, -0.2) is 39.6 Å². The van der Waals surface area contributed by atoms with Crippen molar-refractivity contribution in [1.82, 2.24) is 20.0 Å². The minimum atomic E-state index is -0.147. The standard InChI is InChI=1S/C22H25N5O3/c1-4-5-12-30-17-9-7-6-8-15(17)16-13-19(28)23-22-21(16)14(2)26-27(22)18-10-11-20(29-3)25-24-18/h6-11,16H,4-5,12-13H2,1-3H3,(H,23,28). The summed E-state index contributed by atoms with van der Waals surface area (Å²) in [6.07, 6.45) is 2.38. The molecule has 30 heavy (non-hydrogen) atoms. The Morgan fingerprint density at radius 1 is 1.20 bits per heavy atom. The van der Waals surface area contributed by atoms with Crippen LogP contribution in [0.15, 0.2) is 36.4 Å². The van der Waals surface area contributed by atoms with Gasteiger partial charge in [0.1, 0.15) is 11.6 Å². The Balaban J connectivity index is 1.76. The van der Waals surface area contributed by atoms with Crippen LogP contribution in [0.4, 0.5) is 5.82 Å². The summed E-state index contributed by atoms with van der Waals surface area (Å²) >= 11 is 0. The molecule has 3 aromatic rings. The summed E-state index contributed by atoms with van der Waals surface area (Å²) in [5.74, 6) is 2.14. The Labute approximate surface area is 175 Å². The third-order valence-electron chi connectivity index (χ3n) is 5.20. The summed E-state index contributed by atoms with van der Waals surface area (Å²) in [7, 11) is 1.54. The number of carbonyl (C=O) groups is 1. The van der Waals surface area contributed by atoms with Crippen molar-refractivity contribution in [2.45, 2.75) is 39.0 Å². The van der Waals surface area contributed by atoms with Crippen LogP contribution in [0.1, 0.15) is 48.9 Å². The quantitative estimate of drug-likeness (QED) is 0.602. The summed E-state index contributed by atoms with van der Waals surface area (Å²) in [5, 5.41) is 15.8. The van der Waals surface area contributed by atoms with Crippen molar-refractivity contribution in [2.75, 3.05) is 19.0 Å². The van der Waals surface area contributed by atoms with Crippen LogP contribution in [0.5, 0.6) is 11.6 Å². The Morgan fingerprint density at radius 2 is 2.03 bits per heavy atom. The third-order valence-corrected chi connectivity index (χ3v) is 5.20. The van der Waals surface area contributed by atoms with Gasteiger partial charge in [0, 0.05) is 29.5 Å². The molecule has 0 saturated carbocycles. The molecule has 156 valence electrons. The van der Waals surface area contributed by atoms with Crippen molar-refractivity contribution in [1.29, 1.82) is 0 Å². The summed E-state index contributed by atoms with van der Waals surface area (Å²) in [6, 6.07) is 11.4. The van der Waals surface area contributed by atoms with Gasteiger partial charge in [0.2, 0.25) is 11.8 Å². The zero-order chi connectivity index (χ0) is 21.1. The lowest BCUT2D eigenvalue weighted by atomic mass is 9.85. The van der Waals surface area contributed by atoms with E-state index in [4.69, 9.17) is 9.47 Å². The molecule has 1 aromatic carbocycles. The normalized spacial score (nSPS) is 15.4. The first kappa shape index (κ1) is 19.9. The molecule has 0 saturated heterocycles. The number of amides is 1. The molecule has 0 fully saturated rings. The fourth-order valence-corrected chi connectivity index (χ4v) is 3.74. The van der Waals surface area contributed by atoms with E-state index >= 15 is 0 Å². The average Bonchev–Trinajstić information content (AvgIpc) is 3.10. The van der Waals surface area contributed by atoms with Crippen molar-refractivity contribution in [3.8, 4) is 17.4 Å². The maximum absolute atomic E-state index is 12.6. The first-order valence-electron chi connectivity index (χ1n) is 10.1. The Bertz CT molecular complexity index is 1050. The molecule has 1 N–H and O–H groups in total. The predicted octanol–water partition coefficient (Wildman–Crippen LogP) is 3.63. The molecule has 1 atom stereocenters. The number of carbonyl (C=O) groups excluding carboxylic acids is 1. The number of para-hydroxylation sites is 1. The topological polar surface area (TPSA) is 91.2 Å². The molecule has 4 rings (SSSR count). The van der Waals surface area contributed by atoms with Gasteiger partial charge in [-0.1, -0.05) is 31.5 Å². The van der Waals surface area contributed by atoms with Crippen LogP contribution in [0, 0.1) is 6.92 Å². The Morgan fingerprint density at radius 3 is 2.77 bits per heavy atom. The van der Waals surface area contributed by atoms with Gasteiger partial charge in [-0.2, -0.15) is 9.78 Å². The van der Waals surface area contributed by atoms with Crippen molar-refractivity contribution in [3.63, 3.8) is 0 Å². The highest BCUT2D eigenvalue weighted by Crippen LogP contribution is 2.43. The van der Waals surface area contributed by atoms with E-state index < -0.39 is 0 Å². The minimum Gasteiger partial charge on any atom is -0.493 e. The zero-order valence-corrected chi connectivity index (χ0v) is 17.4. The number of aryl methyl sites for hydroxylation is 1. The summed E-state index contributed by atoms with van der Waals surface area (Å²) in [4.78, 5) is 12.6. The summed E-state index contributed by atoms with van der Waals surface area (Å²) in [6.45, 7) is 4.73. The number of aromatic nitrogens is 4. The van der Waals surface area contributed by atoms with E-state index in [0.29, 0.717) is 30.5 Å². The van der Waals surface area contributed by atoms with Gasteiger partial charge in [-0.15, -0.1) is 10.2 Å². The molecule has 8 nitrogen and oxygen atoms in total. The number of unbranched alkanes of at least 4 members (excludes halogenated alkanes) is 1. The SMILES string of the molecule is CCCCOc1ccccc1C1CC(=O)Nc2c1c(C)nn2-c1ccc(OC)nn1. The van der Waals surface area contributed by atoms with Crippen molar-refractivity contribution < 1.29 is 14.3 Å². The number of benzene rings is 1. The second-order valence-corrected chi connectivity index (χ2v) is 7.24. The van der Waals surface area contributed by atoms with Crippen molar-refractivity contribution >= 4 is 11.7 Å². The summed E-state index contributed by atoms with van der Waals surface area (Å²) in [5.41, 5.74) is 2.79. The Hall–Kier alpha value is -3.42. The fraction of sp³-hybridized carbons (Fsp3) is 0.364. The first-order chi connectivity index (χ1) is 14.6. The van der Waals surface area contributed by atoms with Crippen molar-refractivity contribution in [2.24, 2.45) is 0 Å². The van der Waals surface area contributed by atoms with E-state index in [1.807, 2.05) is 31.2 Å². The highest BCUT2D eigenvalue weighted by Gasteiger charge is 2.34. The van der Waals surface area contributed by atoms with Crippen molar-refractivity contribution in [3.05, 3.63) is 53.2 Å². The summed E-state index contributed by atoms with van der Waals surface area (Å²) < 4.78 is 12.8. The maximum Gasteiger partial charge on any atom is 0.233 e. The van der Waals surface area contributed by atoms with Gasteiger partial charge >= 0.3 is 0 Å². The van der Waals surface area contributed by atoms with E-state index in [-0.39, 0.29) is 11.8 Å². The van der Waals surface area contributed by atoms with E-state index in [9.17, 15) is 4.79 Å². The lowest BCUT2D eigenvalue weighted by Crippen LogP contribution is -2.25. The van der Waals surface area contributed by atoms with Crippen LogP contribution in [0.3, 0.4) is 0 Å². The third kappa shape index (κ3) is 3.72. The number of nitrogens with zero attached hydrogens (tertiary/aromatic N) is 4. The van der Waals surface area contributed by atoms with Gasteiger partial charge < -0.3 is 14.8 Å². The van der Waals surface area contributed by atoms with Gasteiger partial charge in [0.15, 0.2) is 5.82 Å². The number of rotatable bonds is 7. The van der Waals surface area contributed by atoms with Gasteiger partial charge in [-0.25, -0.2) is 0 Å². The highest BCUT2D eigenvalue weighted by molar-refractivity contribution is 5.95. The van der Waals surface area contributed by atoms with Crippen LogP contribution < -0.4 is 14.8 Å². The molecule has 1 unspecified atom stereocenters. The zero-order valence-electron chi connectivity index (χ0n) is 17.4. The fourth-order valence-electron chi connectivity index (χ4n) is 3.74. The second kappa shape index (κ2) is 8.52. The maximum atomic E-state index is 12.6. The van der Waals surface area contributed by atoms with Gasteiger partial charge in [-0.05, 0) is 25.5 Å². The van der Waals surface area contributed by atoms with Crippen LogP contribution >= 0.6 is 0 Å². The lowest BCUT2D eigenvalue weighted by molar-refractivity contribution is -0.116. The first-order valence-corrected chi connectivity index (χ1v) is 10.1. The number of ether oxygens (including phenoxy) is 2. The molecule has 1 amide bonds. The molecular formula is C22H25N5O3. The number of anilines is 1. The minimum absolute atomic E-state index is 0.0708. The lowest BCUT2D eigenvalue weighted by Gasteiger charge is -2.26. The number of hydrogen-bond acceptors (Lipinski definition) is 6. The molecule has 0 spiro atoms. The monoisotopic (exact) mass is 407 g/mol. The van der Waals surface area contributed by atoms with Crippen LogP contribution in [0.25, 0.3) is 5.82 Å². The van der Waals surface area contributed by atoms with E-state index in [0.717, 1.165) is 35.4 Å². The molecular weight excluding hydrogens is 382 g/mol. The molecule has 0 aliphatic carbocycles.